The van der Waals surface area contributed by atoms with Gasteiger partial charge in [-0.2, -0.15) is 0 Å². The van der Waals surface area contributed by atoms with Crippen LogP contribution in [0.2, 0.25) is 0 Å². The number of rotatable bonds is 9. The maximum atomic E-state index is 13.0. The molecule has 0 aliphatic carbocycles. The SMILES string of the molecule is CCNC(=O)[C@H](CC)N(Cc1ccc(C)cc1)C(=O)COc1ccccc1C. The monoisotopic (exact) mass is 382 g/mol. The molecule has 0 radical (unpaired) electrons. The van der Waals surface area contributed by atoms with Crippen molar-refractivity contribution in [3.63, 3.8) is 0 Å². The number of para-hydroxylation sites is 1. The molecule has 1 atom stereocenters. The zero-order valence-electron chi connectivity index (χ0n) is 17.2. The van der Waals surface area contributed by atoms with Gasteiger partial charge >= 0.3 is 0 Å². The summed E-state index contributed by atoms with van der Waals surface area (Å²) < 4.78 is 5.75. The van der Waals surface area contributed by atoms with Crippen molar-refractivity contribution in [3.8, 4) is 5.75 Å². The van der Waals surface area contributed by atoms with Gasteiger partial charge in [-0.3, -0.25) is 9.59 Å². The number of benzene rings is 2. The van der Waals surface area contributed by atoms with Gasteiger partial charge in [0.05, 0.1) is 0 Å². The van der Waals surface area contributed by atoms with E-state index in [4.69, 9.17) is 4.74 Å². The van der Waals surface area contributed by atoms with Crippen LogP contribution in [0.3, 0.4) is 0 Å². The molecule has 1 N–H and O–H groups in total. The number of amides is 2. The van der Waals surface area contributed by atoms with E-state index in [9.17, 15) is 9.59 Å². The molecule has 0 aromatic heterocycles. The van der Waals surface area contributed by atoms with Crippen molar-refractivity contribution in [2.45, 2.75) is 46.7 Å². The third-order valence-corrected chi connectivity index (χ3v) is 4.66. The molecule has 0 unspecified atom stereocenters. The molecule has 2 aromatic rings. The lowest BCUT2D eigenvalue weighted by molar-refractivity contribution is -0.142. The molecule has 0 spiro atoms. The molecule has 0 saturated heterocycles. The normalized spacial score (nSPS) is 11.6. The Morgan fingerprint density at radius 3 is 2.32 bits per heavy atom. The zero-order valence-corrected chi connectivity index (χ0v) is 17.2. The Kier molecular flexibility index (Phi) is 8.05. The summed E-state index contributed by atoms with van der Waals surface area (Å²) in [5.41, 5.74) is 3.11. The van der Waals surface area contributed by atoms with Crippen LogP contribution in [0.15, 0.2) is 48.5 Å². The Bertz CT molecular complexity index is 787. The van der Waals surface area contributed by atoms with Crippen molar-refractivity contribution in [1.29, 1.82) is 0 Å². The average Bonchev–Trinajstić information content (AvgIpc) is 2.68. The van der Waals surface area contributed by atoms with Crippen molar-refractivity contribution in [2.24, 2.45) is 0 Å². The highest BCUT2D eigenvalue weighted by molar-refractivity contribution is 5.88. The second kappa shape index (κ2) is 10.5. The second-order valence-corrected chi connectivity index (χ2v) is 6.88. The summed E-state index contributed by atoms with van der Waals surface area (Å²) in [7, 11) is 0. The molecule has 0 fully saturated rings. The van der Waals surface area contributed by atoms with Crippen LogP contribution in [0.25, 0.3) is 0 Å². The third-order valence-electron chi connectivity index (χ3n) is 4.66. The predicted octanol–water partition coefficient (Wildman–Crippen LogP) is 3.63. The van der Waals surface area contributed by atoms with Gasteiger partial charge in [0.1, 0.15) is 11.8 Å². The molecule has 0 aliphatic rings. The van der Waals surface area contributed by atoms with E-state index < -0.39 is 6.04 Å². The molecular weight excluding hydrogens is 352 g/mol. The molecular formula is C23H30N2O3. The van der Waals surface area contributed by atoms with Crippen molar-refractivity contribution in [2.75, 3.05) is 13.2 Å². The number of hydrogen-bond acceptors (Lipinski definition) is 3. The van der Waals surface area contributed by atoms with E-state index in [2.05, 4.69) is 5.32 Å². The van der Waals surface area contributed by atoms with Gasteiger partial charge in [0.15, 0.2) is 6.61 Å². The highest BCUT2D eigenvalue weighted by Crippen LogP contribution is 2.18. The fraction of sp³-hybridized carbons (Fsp3) is 0.391. The van der Waals surface area contributed by atoms with Gasteiger partial charge < -0.3 is 15.0 Å². The zero-order chi connectivity index (χ0) is 20.5. The quantitative estimate of drug-likeness (QED) is 0.721. The summed E-state index contributed by atoms with van der Waals surface area (Å²) in [6.07, 6.45) is 0.536. The molecule has 0 bridgehead atoms. The van der Waals surface area contributed by atoms with Crippen LogP contribution in [0.4, 0.5) is 0 Å². The van der Waals surface area contributed by atoms with Crippen LogP contribution in [0.1, 0.15) is 37.0 Å². The first-order valence-electron chi connectivity index (χ1n) is 9.77. The summed E-state index contributed by atoms with van der Waals surface area (Å²) in [6.45, 7) is 8.54. The number of nitrogens with one attached hydrogen (secondary N) is 1. The fourth-order valence-electron chi connectivity index (χ4n) is 3.04. The molecule has 5 heteroatoms. The molecule has 0 aliphatic heterocycles. The maximum Gasteiger partial charge on any atom is 0.261 e. The van der Waals surface area contributed by atoms with Gasteiger partial charge in [-0.25, -0.2) is 0 Å². The Morgan fingerprint density at radius 2 is 1.71 bits per heavy atom. The number of carbonyl (C=O) groups is 2. The number of hydrogen-bond donors (Lipinski definition) is 1. The van der Waals surface area contributed by atoms with Gasteiger partial charge in [0.25, 0.3) is 5.91 Å². The Hall–Kier alpha value is -2.82. The summed E-state index contributed by atoms with van der Waals surface area (Å²) >= 11 is 0. The minimum atomic E-state index is -0.533. The van der Waals surface area contributed by atoms with Crippen molar-refractivity contribution < 1.29 is 14.3 Å². The number of carbonyl (C=O) groups excluding carboxylic acids is 2. The van der Waals surface area contributed by atoms with Crippen molar-refractivity contribution >= 4 is 11.8 Å². The summed E-state index contributed by atoms with van der Waals surface area (Å²) in [6, 6.07) is 15.0. The van der Waals surface area contributed by atoms with E-state index in [1.54, 1.807) is 4.90 Å². The molecule has 150 valence electrons. The average molecular weight is 383 g/mol. The standard InChI is InChI=1S/C23H30N2O3/c1-5-20(23(27)24-6-2)25(15-19-13-11-17(3)12-14-19)22(26)16-28-21-10-8-7-9-18(21)4/h7-14,20H,5-6,15-16H2,1-4H3,(H,24,27)/t20-/m0/s1. The summed E-state index contributed by atoms with van der Waals surface area (Å²) in [4.78, 5) is 27.2. The van der Waals surface area contributed by atoms with Gasteiger partial charge in [0, 0.05) is 13.1 Å². The third kappa shape index (κ3) is 5.84. The van der Waals surface area contributed by atoms with Crippen LogP contribution in [-0.4, -0.2) is 35.9 Å². The van der Waals surface area contributed by atoms with Crippen LogP contribution in [0, 0.1) is 13.8 Å². The smallest absolute Gasteiger partial charge is 0.261 e. The van der Waals surface area contributed by atoms with E-state index in [0.717, 1.165) is 16.7 Å². The summed E-state index contributed by atoms with van der Waals surface area (Å²) in [5, 5.41) is 2.84. The van der Waals surface area contributed by atoms with Crippen molar-refractivity contribution in [1.82, 2.24) is 10.2 Å². The maximum absolute atomic E-state index is 13.0. The number of nitrogens with zero attached hydrogens (tertiary/aromatic N) is 1. The largest absolute Gasteiger partial charge is 0.484 e. The highest BCUT2D eigenvalue weighted by atomic mass is 16.5. The first-order chi connectivity index (χ1) is 13.5. The van der Waals surface area contributed by atoms with Gasteiger partial charge in [-0.1, -0.05) is 55.0 Å². The van der Waals surface area contributed by atoms with Crippen LogP contribution in [0.5, 0.6) is 5.75 Å². The highest BCUT2D eigenvalue weighted by Gasteiger charge is 2.28. The lowest BCUT2D eigenvalue weighted by Gasteiger charge is -2.30. The minimum absolute atomic E-state index is 0.105. The molecule has 2 rings (SSSR count). The fourth-order valence-corrected chi connectivity index (χ4v) is 3.04. The molecule has 2 aromatic carbocycles. The number of ether oxygens (including phenoxy) is 1. The van der Waals surface area contributed by atoms with Gasteiger partial charge in [0.2, 0.25) is 5.91 Å². The summed E-state index contributed by atoms with van der Waals surface area (Å²) in [5.74, 6) is 0.334. The van der Waals surface area contributed by atoms with Gasteiger partial charge in [-0.05, 0) is 44.4 Å². The lowest BCUT2D eigenvalue weighted by Crippen LogP contribution is -2.50. The van der Waals surface area contributed by atoms with E-state index >= 15 is 0 Å². The minimum Gasteiger partial charge on any atom is -0.484 e. The predicted molar refractivity (Wildman–Crippen MR) is 111 cm³/mol. The van der Waals surface area contributed by atoms with E-state index in [0.29, 0.717) is 25.3 Å². The van der Waals surface area contributed by atoms with Crippen LogP contribution in [-0.2, 0) is 16.1 Å². The first kappa shape index (κ1) is 21.5. The Labute approximate surface area is 167 Å². The number of aryl methyl sites for hydroxylation is 2. The Morgan fingerprint density at radius 1 is 1.04 bits per heavy atom. The Balaban J connectivity index is 2.19. The van der Waals surface area contributed by atoms with E-state index in [-0.39, 0.29) is 18.4 Å². The second-order valence-electron chi connectivity index (χ2n) is 6.88. The molecule has 28 heavy (non-hydrogen) atoms. The van der Waals surface area contributed by atoms with Gasteiger partial charge in [-0.15, -0.1) is 0 Å². The number of likely N-dealkylation sites (N-methyl/N-ethyl adjacent to an activating group) is 1. The first-order valence-corrected chi connectivity index (χ1v) is 9.77. The molecule has 5 nitrogen and oxygen atoms in total. The topological polar surface area (TPSA) is 58.6 Å². The molecule has 2 amide bonds. The molecule has 0 saturated carbocycles. The lowest BCUT2D eigenvalue weighted by atomic mass is 10.1. The van der Waals surface area contributed by atoms with Crippen LogP contribution >= 0.6 is 0 Å². The van der Waals surface area contributed by atoms with Crippen molar-refractivity contribution in [3.05, 3.63) is 65.2 Å². The molecule has 0 heterocycles. The van der Waals surface area contributed by atoms with E-state index in [1.165, 1.54) is 0 Å². The van der Waals surface area contributed by atoms with Crippen LogP contribution < -0.4 is 10.1 Å². The van der Waals surface area contributed by atoms with E-state index in [1.807, 2.05) is 76.2 Å².